The minimum Gasteiger partial charge on any atom is -0.423 e. The van der Waals surface area contributed by atoms with Gasteiger partial charge in [0.2, 0.25) is 0 Å². The maximum absolute atomic E-state index is 12.1. The average Bonchev–Trinajstić information content (AvgIpc) is 2.66. The van der Waals surface area contributed by atoms with Gasteiger partial charge in [0.25, 0.3) is 0 Å². The molecule has 1 rings (SSSR count). The summed E-state index contributed by atoms with van der Waals surface area (Å²) in [5.41, 5.74) is 0. The summed E-state index contributed by atoms with van der Waals surface area (Å²) in [6, 6.07) is 6.83. The number of benzene rings is 1. The molecule has 0 heterocycles. The second-order valence-corrected chi connectivity index (χ2v) is 7.13. The molecule has 0 radical (unpaired) electrons. The third kappa shape index (κ3) is 10.2. The van der Waals surface area contributed by atoms with Gasteiger partial charge in [0.05, 0.1) is 0 Å². The lowest BCUT2D eigenvalue weighted by atomic mass is 9.96. The second-order valence-electron chi connectivity index (χ2n) is 7.13. The maximum Gasteiger partial charge on any atom is 0.311 e. The highest BCUT2D eigenvalue weighted by Gasteiger charge is 2.12. The van der Waals surface area contributed by atoms with Crippen LogP contribution in [0.3, 0.4) is 0 Å². The van der Waals surface area contributed by atoms with Crippen LogP contribution in [0.4, 0.5) is 0 Å². The largest absolute Gasteiger partial charge is 0.423 e. The molecule has 0 spiro atoms. The number of carbonyl (C=O) groups is 2. The van der Waals surface area contributed by atoms with E-state index in [0.29, 0.717) is 24.3 Å². The van der Waals surface area contributed by atoms with Crippen LogP contribution in [-0.4, -0.2) is 11.9 Å². The molecular weight excluding hydrogens is 340 g/mol. The van der Waals surface area contributed by atoms with Crippen LogP contribution in [0.25, 0.3) is 0 Å². The van der Waals surface area contributed by atoms with Gasteiger partial charge in [-0.2, -0.15) is 0 Å². The molecule has 0 fully saturated rings. The Kier molecular flexibility index (Phi) is 12.2. The molecule has 152 valence electrons. The van der Waals surface area contributed by atoms with Crippen molar-refractivity contribution in [3.8, 4) is 11.5 Å². The highest BCUT2D eigenvalue weighted by molar-refractivity contribution is 5.76. The predicted octanol–water partition coefficient (Wildman–Crippen LogP) is 6.46. The van der Waals surface area contributed by atoms with Gasteiger partial charge in [-0.05, 0) is 30.9 Å². The summed E-state index contributed by atoms with van der Waals surface area (Å²) in [6.07, 6.45) is 10.9. The Hall–Kier alpha value is -1.84. The molecular formula is C23H36O4. The molecule has 0 atom stereocenters. The Labute approximate surface area is 164 Å². The maximum atomic E-state index is 12.1. The zero-order chi connectivity index (χ0) is 19.9. The van der Waals surface area contributed by atoms with Crippen molar-refractivity contribution >= 4 is 11.9 Å². The van der Waals surface area contributed by atoms with Crippen LogP contribution in [-0.2, 0) is 9.59 Å². The zero-order valence-corrected chi connectivity index (χ0v) is 17.3. The molecule has 27 heavy (non-hydrogen) atoms. The number of ether oxygens (including phenoxy) is 2. The summed E-state index contributed by atoms with van der Waals surface area (Å²) < 4.78 is 10.7. The quantitative estimate of drug-likeness (QED) is 0.212. The van der Waals surface area contributed by atoms with Crippen molar-refractivity contribution in [2.24, 2.45) is 5.92 Å². The first-order valence-electron chi connectivity index (χ1n) is 10.6. The first kappa shape index (κ1) is 23.2. The smallest absolute Gasteiger partial charge is 0.311 e. The van der Waals surface area contributed by atoms with E-state index in [-0.39, 0.29) is 11.9 Å². The van der Waals surface area contributed by atoms with Crippen molar-refractivity contribution in [3.05, 3.63) is 24.3 Å². The van der Waals surface area contributed by atoms with Gasteiger partial charge in [-0.25, -0.2) is 0 Å². The number of hydrogen-bond donors (Lipinski definition) is 0. The number of para-hydroxylation sites is 2. The van der Waals surface area contributed by atoms with Crippen molar-refractivity contribution in [1.29, 1.82) is 0 Å². The molecule has 0 aromatic heterocycles. The lowest BCUT2D eigenvalue weighted by Gasteiger charge is -2.11. The van der Waals surface area contributed by atoms with E-state index in [0.717, 1.165) is 25.2 Å². The van der Waals surface area contributed by atoms with E-state index in [1.54, 1.807) is 24.3 Å². The fourth-order valence-electron chi connectivity index (χ4n) is 3.10. The van der Waals surface area contributed by atoms with Gasteiger partial charge in [-0.3, -0.25) is 9.59 Å². The molecule has 1 aromatic carbocycles. The van der Waals surface area contributed by atoms with Gasteiger partial charge in [-0.15, -0.1) is 0 Å². The SMILES string of the molecule is CCCC(=O)Oc1ccccc1OC(=O)CCCCCCCC(CC)CC. The van der Waals surface area contributed by atoms with Crippen molar-refractivity contribution in [2.45, 2.75) is 91.4 Å². The van der Waals surface area contributed by atoms with Gasteiger partial charge >= 0.3 is 11.9 Å². The summed E-state index contributed by atoms with van der Waals surface area (Å²) in [4.78, 5) is 23.7. The Morgan fingerprint density at radius 3 is 1.85 bits per heavy atom. The minimum absolute atomic E-state index is 0.272. The summed E-state index contributed by atoms with van der Waals surface area (Å²) in [5.74, 6) is 0.912. The number of unbranched alkanes of at least 4 members (excludes halogenated alkanes) is 4. The molecule has 0 N–H and O–H groups in total. The topological polar surface area (TPSA) is 52.6 Å². The van der Waals surface area contributed by atoms with E-state index < -0.39 is 0 Å². The molecule has 0 saturated heterocycles. The molecule has 0 bridgehead atoms. The fraction of sp³-hybridized carbons (Fsp3) is 0.652. The molecule has 0 unspecified atom stereocenters. The van der Waals surface area contributed by atoms with Crippen LogP contribution < -0.4 is 9.47 Å². The molecule has 4 heteroatoms. The fourth-order valence-corrected chi connectivity index (χ4v) is 3.10. The monoisotopic (exact) mass is 376 g/mol. The van der Waals surface area contributed by atoms with Crippen molar-refractivity contribution < 1.29 is 19.1 Å². The molecule has 0 aliphatic carbocycles. The zero-order valence-electron chi connectivity index (χ0n) is 17.3. The third-order valence-corrected chi connectivity index (χ3v) is 4.90. The lowest BCUT2D eigenvalue weighted by molar-refractivity contribution is -0.137. The van der Waals surface area contributed by atoms with E-state index in [1.165, 1.54) is 38.5 Å². The lowest BCUT2D eigenvalue weighted by Crippen LogP contribution is -2.11. The summed E-state index contributed by atoms with van der Waals surface area (Å²) in [5, 5.41) is 0. The molecule has 4 nitrogen and oxygen atoms in total. The van der Waals surface area contributed by atoms with Crippen LogP contribution >= 0.6 is 0 Å². The first-order valence-corrected chi connectivity index (χ1v) is 10.6. The Bertz CT molecular complexity index is 549. The number of carbonyl (C=O) groups excluding carboxylic acids is 2. The highest BCUT2D eigenvalue weighted by atomic mass is 16.6. The van der Waals surface area contributed by atoms with Crippen LogP contribution in [0.1, 0.15) is 91.4 Å². The van der Waals surface area contributed by atoms with Gasteiger partial charge in [0.15, 0.2) is 11.5 Å². The highest BCUT2D eigenvalue weighted by Crippen LogP contribution is 2.27. The number of hydrogen-bond acceptors (Lipinski definition) is 4. The van der Waals surface area contributed by atoms with E-state index in [9.17, 15) is 9.59 Å². The second kappa shape index (κ2) is 14.2. The van der Waals surface area contributed by atoms with Crippen molar-refractivity contribution in [2.75, 3.05) is 0 Å². The van der Waals surface area contributed by atoms with Crippen LogP contribution in [0.2, 0.25) is 0 Å². The number of esters is 2. The van der Waals surface area contributed by atoms with Crippen molar-refractivity contribution in [1.82, 2.24) is 0 Å². The standard InChI is InChI=1S/C23H36O4/c1-4-14-22(24)26-20-16-12-13-17-21(20)27-23(25)18-11-9-7-8-10-15-19(5-2)6-3/h12-13,16-17,19H,4-11,14-15,18H2,1-3H3. The van der Waals surface area contributed by atoms with Crippen LogP contribution in [0.5, 0.6) is 11.5 Å². The molecule has 0 amide bonds. The van der Waals surface area contributed by atoms with E-state index in [1.807, 2.05) is 6.92 Å². The van der Waals surface area contributed by atoms with E-state index >= 15 is 0 Å². The van der Waals surface area contributed by atoms with Crippen molar-refractivity contribution in [3.63, 3.8) is 0 Å². The van der Waals surface area contributed by atoms with E-state index in [4.69, 9.17) is 9.47 Å². The van der Waals surface area contributed by atoms with Gasteiger partial charge < -0.3 is 9.47 Å². The predicted molar refractivity (Wildman–Crippen MR) is 109 cm³/mol. The van der Waals surface area contributed by atoms with Crippen LogP contribution in [0.15, 0.2) is 24.3 Å². The van der Waals surface area contributed by atoms with Gasteiger partial charge in [-0.1, -0.05) is 77.8 Å². The Balaban J connectivity index is 2.26. The molecule has 0 aliphatic rings. The third-order valence-electron chi connectivity index (χ3n) is 4.90. The molecule has 0 saturated carbocycles. The molecule has 0 aliphatic heterocycles. The first-order chi connectivity index (χ1) is 13.1. The number of rotatable bonds is 14. The summed E-state index contributed by atoms with van der Waals surface area (Å²) >= 11 is 0. The normalized spacial score (nSPS) is 10.8. The molecule has 1 aromatic rings. The summed E-state index contributed by atoms with van der Waals surface area (Å²) in [6.45, 7) is 6.45. The average molecular weight is 377 g/mol. The van der Waals surface area contributed by atoms with E-state index in [2.05, 4.69) is 13.8 Å². The van der Waals surface area contributed by atoms with Gasteiger partial charge in [0, 0.05) is 12.8 Å². The Morgan fingerprint density at radius 1 is 0.778 bits per heavy atom. The van der Waals surface area contributed by atoms with Gasteiger partial charge in [0.1, 0.15) is 0 Å². The summed E-state index contributed by atoms with van der Waals surface area (Å²) in [7, 11) is 0. The minimum atomic E-state index is -0.311. The van der Waals surface area contributed by atoms with Crippen LogP contribution in [0, 0.1) is 5.92 Å². The Morgan fingerprint density at radius 2 is 1.30 bits per heavy atom.